The van der Waals surface area contributed by atoms with E-state index in [1.165, 1.54) is 25.5 Å². The Morgan fingerprint density at radius 3 is 2.52 bits per heavy atom. The fourth-order valence-electron chi connectivity index (χ4n) is 3.00. The van der Waals surface area contributed by atoms with Crippen LogP contribution in [0, 0.1) is 12.7 Å². The molecule has 0 aliphatic rings. The van der Waals surface area contributed by atoms with Crippen LogP contribution in [0.25, 0.3) is 33.3 Å². The van der Waals surface area contributed by atoms with E-state index in [-0.39, 0.29) is 11.8 Å². The van der Waals surface area contributed by atoms with Crippen LogP contribution in [0.15, 0.2) is 55.0 Å². The molecule has 0 saturated heterocycles. The zero-order chi connectivity index (χ0) is 20.4. The minimum absolute atomic E-state index is 0.146. The molecule has 8 heteroatoms. The molecule has 0 radical (unpaired) electrons. The largest absolute Gasteiger partial charge is 0.341 e. The van der Waals surface area contributed by atoms with Crippen LogP contribution in [0.1, 0.15) is 5.69 Å². The Morgan fingerprint density at radius 1 is 1.00 bits per heavy atom. The Morgan fingerprint density at radius 2 is 1.76 bits per heavy atom. The Hall–Kier alpha value is -3.94. The molecule has 2 heterocycles. The topological polar surface area (TPSA) is 92.7 Å². The molecular weight excluding hydrogens is 371 g/mol. The van der Waals surface area contributed by atoms with Crippen molar-refractivity contribution >= 4 is 22.9 Å². The van der Waals surface area contributed by atoms with Gasteiger partial charge in [-0.25, -0.2) is 29.1 Å². The van der Waals surface area contributed by atoms with Crippen molar-refractivity contribution in [2.45, 2.75) is 6.92 Å². The molecule has 0 aliphatic heterocycles. The van der Waals surface area contributed by atoms with Gasteiger partial charge in [0.05, 0.1) is 11.2 Å². The fraction of sp³-hybridized carbons (Fsp3) is 0.0952. The number of nitrogens with zero attached hydrogens (tertiary/aromatic N) is 4. The molecule has 2 aromatic carbocycles. The second kappa shape index (κ2) is 7.59. The smallest absolute Gasteiger partial charge is 0.321 e. The maximum atomic E-state index is 13.4. The summed E-state index contributed by atoms with van der Waals surface area (Å²) in [5.41, 5.74) is 4.57. The molecule has 0 unspecified atom stereocenters. The third-order valence-corrected chi connectivity index (χ3v) is 4.50. The Balaban J connectivity index is 1.89. The highest BCUT2D eigenvalue weighted by atomic mass is 19.1. The number of carbonyl (C=O) groups is 1. The summed E-state index contributed by atoms with van der Waals surface area (Å²) in [6, 6.07) is 11.4. The molecule has 0 atom stereocenters. The van der Waals surface area contributed by atoms with E-state index in [2.05, 4.69) is 30.6 Å². The number of urea groups is 1. The van der Waals surface area contributed by atoms with Crippen molar-refractivity contribution < 1.29 is 9.18 Å². The third kappa shape index (κ3) is 3.73. The van der Waals surface area contributed by atoms with Crippen molar-refractivity contribution in [3.63, 3.8) is 0 Å². The molecule has 0 saturated carbocycles. The van der Waals surface area contributed by atoms with Crippen LogP contribution < -0.4 is 10.6 Å². The van der Waals surface area contributed by atoms with Gasteiger partial charge in [-0.2, -0.15) is 0 Å². The van der Waals surface area contributed by atoms with E-state index < -0.39 is 6.03 Å². The average Bonchev–Trinajstić information content (AvgIpc) is 2.74. The summed E-state index contributed by atoms with van der Waals surface area (Å²) in [5.74, 6) is -0.195. The summed E-state index contributed by atoms with van der Waals surface area (Å²) >= 11 is 0. The highest BCUT2D eigenvalue weighted by Gasteiger charge is 2.14. The first kappa shape index (κ1) is 18.4. The van der Waals surface area contributed by atoms with Crippen LogP contribution in [0.4, 0.5) is 15.1 Å². The molecule has 4 rings (SSSR count). The van der Waals surface area contributed by atoms with Gasteiger partial charge in [0.15, 0.2) is 0 Å². The van der Waals surface area contributed by atoms with Crippen LogP contribution in [0.5, 0.6) is 0 Å². The Labute approximate surface area is 166 Å². The van der Waals surface area contributed by atoms with E-state index >= 15 is 0 Å². The normalized spacial score (nSPS) is 10.7. The number of carbonyl (C=O) groups excluding carboxylic acids is 1. The van der Waals surface area contributed by atoms with Crippen molar-refractivity contribution in [1.82, 2.24) is 25.3 Å². The summed E-state index contributed by atoms with van der Waals surface area (Å²) in [6.45, 7) is 1.92. The molecule has 144 valence electrons. The first-order valence-electron chi connectivity index (χ1n) is 8.88. The second-order valence-corrected chi connectivity index (χ2v) is 6.36. The van der Waals surface area contributed by atoms with Crippen LogP contribution in [0.2, 0.25) is 0 Å². The van der Waals surface area contributed by atoms with E-state index in [4.69, 9.17) is 0 Å². The summed E-state index contributed by atoms with van der Waals surface area (Å²) in [6.07, 6.45) is 3.17. The van der Waals surface area contributed by atoms with Gasteiger partial charge in [-0.05, 0) is 48.9 Å². The molecule has 0 bridgehead atoms. The maximum absolute atomic E-state index is 13.4. The Kier molecular flexibility index (Phi) is 4.82. The number of nitrogens with one attached hydrogen (secondary N) is 2. The zero-order valence-corrected chi connectivity index (χ0v) is 15.8. The number of hydrogen-bond acceptors (Lipinski definition) is 5. The zero-order valence-electron chi connectivity index (χ0n) is 15.8. The lowest BCUT2D eigenvalue weighted by molar-refractivity contribution is 0.254. The first-order valence-corrected chi connectivity index (χ1v) is 8.88. The monoisotopic (exact) mass is 388 g/mol. The summed E-state index contributed by atoms with van der Waals surface area (Å²) in [7, 11) is 1.50. The van der Waals surface area contributed by atoms with Crippen LogP contribution in [-0.2, 0) is 0 Å². The average molecular weight is 388 g/mol. The van der Waals surface area contributed by atoms with Gasteiger partial charge in [0.1, 0.15) is 12.1 Å². The first-order chi connectivity index (χ1) is 14.0. The molecular formula is C21H17FN6O. The lowest BCUT2D eigenvalue weighted by atomic mass is 9.99. The molecule has 2 aromatic heterocycles. The molecule has 7 nitrogen and oxygen atoms in total. The van der Waals surface area contributed by atoms with Gasteiger partial charge in [0.25, 0.3) is 0 Å². The molecule has 2 N–H and O–H groups in total. The van der Waals surface area contributed by atoms with E-state index in [1.807, 2.05) is 25.1 Å². The van der Waals surface area contributed by atoms with Crippen LogP contribution in [-0.4, -0.2) is 33.0 Å². The quantitative estimate of drug-likeness (QED) is 0.554. The van der Waals surface area contributed by atoms with Crippen molar-refractivity contribution in [2.75, 3.05) is 12.4 Å². The SMILES string of the molecule is CNC(=O)Nc1ncc(-c2ccc3ncnc(C)c3c2)c(-c2ccc(F)cc2)n1. The van der Waals surface area contributed by atoms with E-state index in [9.17, 15) is 9.18 Å². The van der Waals surface area contributed by atoms with Gasteiger partial charge in [0, 0.05) is 35.5 Å². The van der Waals surface area contributed by atoms with Crippen molar-refractivity contribution in [2.24, 2.45) is 0 Å². The second-order valence-electron chi connectivity index (χ2n) is 6.36. The summed E-state index contributed by atoms with van der Waals surface area (Å²) in [5, 5.41) is 5.94. The van der Waals surface area contributed by atoms with E-state index in [1.54, 1.807) is 18.3 Å². The number of amides is 2. The summed E-state index contributed by atoms with van der Waals surface area (Å²) in [4.78, 5) is 28.9. The number of hydrogen-bond donors (Lipinski definition) is 2. The molecule has 4 aromatic rings. The van der Waals surface area contributed by atoms with Gasteiger partial charge in [-0.3, -0.25) is 5.32 Å². The van der Waals surface area contributed by atoms with Crippen molar-refractivity contribution in [3.05, 3.63) is 66.5 Å². The predicted octanol–water partition coefficient (Wildman–Crippen LogP) is 3.95. The fourth-order valence-corrected chi connectivity index (χ4v) is 3.00. The number of aryl methyl sites for hydroxylation is 1. The molecule has 29 heavy (non-hydrogen) atoms. The maximum Gasteiger partial charge on any atom is 0.321 e. The van der Waals surface area contributed by atoms with E-state index in [0.29, 0.717) is 11.3 Å². The van der Waals surface area contributed by atoms with Crippen LogP contribution >= 0.6 is 0 Å². The minimum Gasteiger partial charge on any atom is -0.341 e. The van der Waals surface area contributed by atoms with Gasteiger partial charge in [-0.15, -0.1) is 0 Å². The lowest BCUT2D eigenvalue weighted by Gasteiger charge is -2.12. The van der Waals surface area contributed by atoms with Gasteiger partial charge in [0.2, 0.25) is 5.95 Å². The molecule has 0 fully saturated rings. The van der Waals surface area contributed by atoms with Gasteiger partial charge >= 0.3 is 6.03 Å². The highest BCUT2D eigenvalue weighted by molar-refractivity contribution is 5.91. The van der Waals surface area contributed by atoms with E-state index in [0.717, 1.165) is 27.7 Å². The number of anilines is 1. The number of halogens is 1. The van der Waals surface area contributed by atoms with Gasteiger partial charge in [-0.1, -0.05) is 6.07 Å². The number of aromatic nitrogens is 4. The van der Waals surface area contributed by atoms with Crippen LogP contribution in [0.3, 0.4) is 0 Å². The number of rotatable bonds is 3. The number of benzene rings is 2. The van der Waals surface area contributed by atoms with Gasteiger partial charge < -0.3 is 5.32 Å². The summed E-state index contributed by atoms with van der Waals surface area (Å²) < 4.78 is 13.4. The number of fused-ring (bicyclic) bond motifs is 1. The molecule has 0 spiro atoms. The highest BCUT2D eigenvalue weighted by Crippen LogP contribution is 2.32. The molecule has 2 amide bonds. The molecule has 0 aliphatic carbocycles. The predicted molar refractivity (Wildman–Crippen MR) is 109 cm³/mol. The third-order valence-electron chi connectivity index (χ3n) is 4.50. The lowest BCUT2D eigenvalue weighted by Crippen LogP contribution is -2.25. The minimum atomic E-state index is -0.429. The standard InChI is InChI=1S/C21H17FN6O/c1-12-16-9-14(5-8-18(16)26-11-25-12)17-10-24-20(28-21(29)23-2)27-19(17)13-3-6-15(22)7-4-13/h3-11H,1-2H3,(H2,23,24,27,28,29). The Bertz CT molecular complexity index is 1210. The van der Waals surface area contributed by atoms with Crippen molar-refractivity contribution in [3.8, 4) is 22.4 Å². The van der Waals surface area contributed by atoms with Crippen molar-refractivity contribution in [1.29, 1.82) is 0 Å².